The predicted molar refractivity (Wildman–Crippen MR) is 73.3 cm³/mol. The molecule has 1 aliphatic carbocycles. The van der Waals surface area contributed by atoms with Crippen molar-refractivity contribution in [1.29, 1.82) is 0 Å². The van der Waals surface area contributed by atoms with Crippen molar-refractivity contribution in [3.05, 3.63) is 33.9 Å². The number of benzene rings is 1. The maximum atomic E-state index is 12.8. The van der Waals surface area contributed by atoms with Crippen LogP contribution in [-0.4, -0.2) is 17.1 Å². The molecule has 0 bridgehead atoms. The van der Waals surface area contributed by atoms with Gasteiger partial charge < -0.3 is 5.32 Å². The van der Waals surface area contributed by atoms with Crippen molar-refractivity contribution < 1.29 is 18.1 Å². The number of nitro groups is 1. The minimum Gasteiger partial charge on any atom is -0.377 e. The molecule has 2 unspecified atom stereocenters. The quantitative estimate of drug-likeness (QED) is 0.663. The van der Waals surface area contributed by atoms with Crippen molar-refractivity contribution in [2.45, 2.75) is 44.8 Å². The van der Waals surface area contributed by atoms with Gasteiger partial charge in [-0.3, -0.25) is 10.1 Å². The number of halogens is 3. The second-order valence-corrected chi connectivity index (χ2v) is 5.52. The summed E-state index contributed by atoms with van der Waals surface area (Å²) in [5.41, 5.74) is 1.02. The molecule has 0 saturated heterocycles. The molecule has 1 fully saturated rings. The Morgan fingerprint density at radius 1 is 1.33 bits per heavy atom. The molecule has 2 atom stereocenters. The fourth-order valence-corrected chi connectivity index (χ4v) is 2.76. The summed E-state index contributed by atoms with van der Waals surface area (Å²) in [6.07, 6.45) is -3.02. The lowest BCUT2D eigenvalue weighted by molar-refractivity contribution is -0.384. The van der Waals surface area contributed by atoms with E-state index in [-0.39, 0.29) is 24.6 Å². The standard InChI is InChI=1S/C14H17F3N2O2/c1-9-5-6-13(19(20)21)12(7-9)18-11-4-2-3-10(8-11)14(15,16)17/h5-7,10-11,18H,2-4,8H2,1H3. The summed E-state index contributed by atoms with van der Waals surface area (Å²) in [7, 11) is 0. The highest BCUT2D eigenvalue weighted by Crippen LogP contribution is 2.39. The molecule has 1 aromatic carbocycles. The van der Waals surface area contributed by atoms with Crippen molar-refractivity contribution in [2.24, 2.45) is 5.92 Å². The molecule has 116 valence electrons. The molecule has 1 saturated carbocycles. The third-order valence-electron chi connectivity index (χ3n) is 3.85. The smallest absolute Gasteiger partial charge is 0.377 e. The van der Waals surface area contributed by atoms with E-state index in [1.165, 1.54) is 6.07 Å². The van der Waals surface area contributed by atoms with Crippen LogP contribution in [0.2, 0.25) is 0 Å². The summed E-state index contributed by atoms with van der Waals surface area (Å²) in [6.45, 7) is 1.79. The Labute approximate surface area is 120 Å². The van der Waals surface area contributed by atoms with Crippen molar-refractivity contribution in [1.82, 2.24) is 0 Å². The lowest BCUT2D eigenvalue weighted by atomic mass is 9.85. The Morgan fingerprint density at radius 3 is 2.67 bits per heavy atom. The van der Waals surface area contributed by atoms with Crippen molar-refractivity contribution in [2.75, 3.05) is 5.32 Å². The van der Waals surface area contributed by atoms with Gasteiger partial charge in [-0.15, -0.1) is 0 Å². The molecule has 0 aromatic heterocycles. The molecule has 0 radical (unpaired) electrons. The zero-order chi connectivity index (χ0) is 15.6. The Bertz CT molecular complexity index is 531. The number of nitrogens with zero attached hydrogens (tertiary/aromatic N) is 1. The number of alkyl halides is 3. The summed E-state index contributed by atoms with van der Waals surface area (Å²) < 4.78 is 38.4. The van der Waals surface area contributed by atoms with Gasteiger partial charge in [0.1, 0.15) is 5.69 Å². The van der Waals surface area contributed by atoms with Crippen LogP contribution in [0.1, 0.15) is 31.2 Å². The maximum Gasteiger partial charge on any atom is 0.391 e. The van der Waals surface area contributed by atoms with Crippen LogP contribution in [0.3, 0.4) is 0 Å². The molecule has 7 heteroatoms. The van der Waals surface area contributed by atoms with Crippen LogP contribution in [0.15, 0.2) is 18.2 Å². The van der Waals surface area contributed by atoms with E-state index in [0.29, 0.717) is 18.5 Å². The average molecular weight is 302 g/mol. The van der Waals surface area contributed by atoms with E-state index in [1.807, 2.05) is 0 Å². The molecule has 1 aliphatic rings. The van der Waals surface area contributed by atoms with E-state index in [4.69, 9.17) is 0 Å². The molecule has 0 spiro atoms. The summed E-state index contributed by atoms with van der Waals surface area (Å²) >= 11 is 0. The van der Waals surface area contributed by atoms with Crippen LogP contribution in [0.5, 0.6) is 0 Å². The Kier molecular flexibility index (Phi) is 4.39. The molecule has 21 heavy (non-hydrogen) atoms. The molecule has 1 N–H and O–H groups in total. The first-order chi connectivity index (χ1) is 9.77. The maximum absolute atomic E-state index is 12.8. The fraction of sp³-hybridized carbons (Fsp3) is 0.571. The number of anilines is 1. The van der Waals surface area contributed by atoms with Crippen molar-refractivity contribution >= 4 is 11.4 Å². The largest absolute Gasteiger partial charge is 0.391 e. The van der Waals surface area contributed by atoms with Gasteiger partial charge in [0.25, 0.3) is 5.69 Å². The highest BCUT2D eigenvalue weighted by atomic mass is 19.4. The van der Waals surface area contributed by atoms with Gasteiger partial charge >= 0.3 is 6.18 Å². The van der Waals surface area contributed by atoms with Gasteiger partial charge in [0, 0.05) is 12.1 Å². The number of hydrogen-bond acceptors (Lipinski definition) is 3. The highest BCUT2D eigenvalue weighted by molar-refractivity contribution is 5.63. The second-order valence-electron chi connectivity index (χ2n) is 5.52. The third kappa shape index (κ3) is 3.86. The van der Waals surface area contributed by atoms with Crippen LogP contribution in [0, 0.1) is 23.0 Å². The highest BCUT2D eigenvalue weighted by Gasteiger charge is 2.42. The predicted octanol–water partition coefficient (Wildman–Crippen LogP) is 4.44. The van der Waals surface area contributed by atoms with Gasteiger partial charge in [-0.1, -0.05) is 12.5 Å². The van der Waals surface area contributed by atoms with Crippen molar-refractivity contribution in [3.63, 3.8) is 0 Å². The normalized spacial score (nSPS) is 22.9. The number of nitrogens with one attached hydrogen (secondary N) is 1. The first-order valence-corrected chi connectivity index (χ1v) is 6.85. The van der Waals surface area contributed by atoms with Crippen LogP contribution in [-0.2, 0) is 0 Å². The summed E-state index contributed by atoms with van der Waals surface area (Å²) in [5.74, 6) is -1.33. The summed E-state index contributed by atoms with van der Waals surface area (Å²) in [4.78, 5) is 10.5. The van der Waals surface area contributed by atoms with Gasteiger partial charge in [-0.05, 0) is 37.8 Å². The van der Waals surface area contributed by atoms with Crippen LogP contribution in [0.4, 0.5) is 24.5 Å². The third-order valence-corrected chi connectivity index (χ3v) is 3.85. The second kappa shape index (κ2) is 5.91. The van der Waals surface area contributed by atoms with E-state index in [2.05, 4.69) is 5.32 Å². The van der Waals surface area contributed by atoms with Gasteiger partial charge in [0.05, 0.1) is 10.8 Å². The lowest BCUT2D eigenvalue weighted by Crippen LogP contribution is -2.34. The average Bonchev–Trinajstić information content (AvgIpc) is 2.37. The van der Waals surface area contributed by atoms with Crippen LogP contribution in [0.25, 0.3) is 0 Å². The van der Waals surface area contributed by atoms with Gasteiger partial charge in [-0.25, -0.2) is 0 Å². The van der Waals surface area contributed by atoms with Crippen LogP contribution >= 0.6 is 0 Å². The summed E-state index contributed by atoms with van der Waals surface area (Å²) in [5, 5.41) is 13.9. The molecule has 1 aromatic rings. The first kappa shape index (κ1) is 15.6. The van der Waals surface area contributed by atoms with Gasteiger partial charge in [0.2, 0.25) is 0 Å². The van der Waals surface area contributed by atoms with E-state index in [0.717, 1.165) is 5.56 Å². The molecule has 0 amide bonds. The van der Waals surface area contributed by atoms with E-state index in [9.17, 15) is 23.3 Å². The minimum atomic E-state index is -4.20. The number of nitro benzene ring substituents is 1. The fourth-order valence-electron chi connectivity index (χ4n) is 2.76. The zero-order valence-corrected chi connectivity index (χ0v) is 11.6. The molecule has 4 nitrogen and oxygen atoms in total. The molecular weight excluding hydrogens is 285 g/mol. The SMILES string of the molecule is Cc1ccc([N+](=O)[O-])c(NC2CCCC(C(F)(F)F)C2)c1. The Balaban J connectivity index is 2.14. The molecule has 2 rings (SSSR count). The lowest BCUT2D eigenvalue weighted by Gasteiger charge is -2.31. The Hall–Kier alpha value is -1.79. The van der Waals surface area contributed by atoms with Crippen molar-refractivity contribution in [3.8, 4) is 0 Å². The molecular formula is C14H17F3N2O2. The van der Waals surface area contributed by atoms with E-state index in [1.54, 1.807) is 19.1 Å². The topological polar surface area (TPSA) is 55.2 Å². The molecule has 0 heterocycles. The van der Waals surface area contributed by atoms with Gasteiger partial charge in [-0.2, -0.15) is 13.2 Å². The number of rotatable bonds is 3. The first-order valence-electron chi connectivity index (χ1n) is 6.85. The van der Waals surface area contributed by atoms with E-state index < -0.39 is 17.0 Å². The number of hydrogen-bond donors (Lipinski definition) is 1. The van der Waals surface area contributed by atoms with Crippen LogP contribution < -0.4 is 5.32 Å². The molecule has 0 aliphatic heterocycles. The summed E-state index contributed by atoms with van der Waals surface area (Å²) in [6, 6.07) is 4.21. The zero-order valence-electron chi connectivity index (χ0n) is 11.6. The van der Waals surface area contributed by atoms with E-state index >= 15 is 0 Å². The Morgan fingerprint density at radius 2 is 2.05 bits per heavy atom. The minimum absolute atomic E-state index is 0.0331. The number of aryl methyl sites for hydroxylation is 1. The van der Waals surface area contributed by atoms with Gasteiger partial charge in [0.15, 0.2) is 0 Å². The monoisotopic (exact) mass is 302 g/mol.